The number of carbonyl (C=O) groups is 2. The number of nitrogens with two attached hydrogens (primary N) is 1. The number of nitrogen functional groups attached to an aromatic ring is 1. The van der Waals surface area contributed by atoms with E-state index in [2.05, 4.69) is 15.4 Å². The minimum Gasteiger partial charge on any atom is -0.444 e. The topological polar surface area (TPSA) is 176 Å². The van der Waals surface area contributed by atoms with Crippen molar-refractivity contribution in [3.63, 3.8) is 0 Å². The van der Waals surface area contributed by atoms with Crippen LogP contribution in [-0.2, 0) is 26.0 Å². The van der Waals surface area contributed by atoms with Crippen LogP contribution in [-0.4, -0.2) is 43.4 Å². The number of fused-ring (bicyclic) bond motifs is 1. The molecule has 2 amide bonds. The predicted molar refractivity (Wildman–Crippen MR) is 172 cm³/mol. The number of aromatic nitrogens is 1. The van der Waals surface area contributed by atoms with Gasteiger partial charge < -0.3 is 21.1 Å². The summed E-state index contributed by atoms with van der Waals surface area (Å²) < 4.78 is 36.3. The second kappa shape index (κ2) is 13.5. The van der Waals surface area contributed by atoms with Gasteiger partial charge in [0.2, 0.25) is 15.9 Å². The monoisotopic (exact) mass is 636 g/mol. The number of amides is 2. The Labute approximate surface area is 260 Å². The summed E-state index contributed by atoms with van der Waals surface area (Å²) in [7, 11) is -4.08. The van der Waals surface area contributed by atoms with E-state index in [0.29, 0.717) is 10.6 Å². The zero-order valence-electron chi connectivity index (χ0n) is 24.9. The van der Waals surface area contributed by atoms with Crippen LogP contribution in [0.25, 0.3) is 10.2 Å². The summed E-state index contributed by atoms with van der Waals surface area (Å²) in [6.07, 6.45) is -0.370. The van der Waals surface area contributed by atoms with E-state index in [1.54, 1.807) is 52.0 Å². The van der Waals surface area contributed by atoms with Gasteiger partial charge in [0.05, 0.1) is 27.1 Å². The van der Waals surface area contributed by atoms with Gasteiger partial charge in [0.1, 0.15) is 16.4 Å². The van der Waals surface area contributed by atoms with Crippen LogP contribution in [0.2, 0.25) is 0 Å². The number of nitrogens with zero attached hydrogens (tertiary/aromatic N) is 1. The first-order chi connectivity index (χ1) is 20.7. The van der Waals surface area contributed by atoms with E-state index < -0.39 is 39.6 Å². The van der Waals surface area contributed by atoms with E-state index in [9.17, 15) is 18.0 Å². The lowest BCUT2D eigenvalue weighted by molar-refractivity contribution is -0.119. The van der Waals surface area contributed by atoms with Crippen LogP contribution < -0.4 is 21.1 Å². The minimum absolute atomic E-state index is 0.0367. The summed E-state index contributed by atoms with van der Waals surface area (Å²) in [5.74, 6) is -1.10. The molecule has 0 aliphatic rings. The third-order valence-electron chi connectivity index (χ3n) is 6.39. The van der Waals surface area contributed by atoms with Crippen LogP contribution in [0, 0.1) is 11.3 Å². The number of carbonyl (C=O) groups excluding carboxylic acids is 2. The summed E-state index contributed by atoms with van der Waals surface area (Å²) in [6.45, 7) is 6.90. The maximum absolute atomic E-state index is 13.7. The van der Waals surface area contributed by atoms with Crippen molar-refractivity contribution in [2.45, 2.75) is 50.7 Å². The summed E-state index contributed by atoms with van der Waals surface area (Å²) >= 11 is 1.39. The summed E-state index contributed by atoms with van der Waals surface area (Å²) in [5.41, 5.74) is 7.37. The highest BCUT2D eigenvalue weighted by Crippen LogP contribution is 2.30. The number of para-hydroxylation sites is 1. The Hall–Kier alpha value is -4.33. The van der Waals surface area contributed by atoms with Gasteiger partial charge in [-0.3, -0.25) is 10.2 Å². The van der Waals surface area contributed by atoms with Gasteiger partial charge in [-0.1, -0.05) is 43.3 Å². The SMILES string of the molecule is C[C@H](CNC(=O)OC(C)(C)C)C(=O)Nc1cccc(S(=O)(=O)NC(Cc2cccc(C(=N)N)c2)c2nc3ccccc3s2)c1. The molecule has 0 bridgehead atoms. The number of benzene rings is 3. The Morgan fingerprint density at radius 2 is 1.77 bits per heavy atom. The Bertz CT molecular complexity index is 1750. The molecule has 232 valence electrons. The normalized spacial score (nSPS) is 13.2. The fraction of sp³-hybridized carbons (Fsp3) is 0.290. The quantitative estimate of drug-likeness (QED) is 0.114. The van der Waals surface area contributed by atoms with Gasteiger partial charge in [-0.2, -0.15) is 0 Å². The zero-order valence-corrected chi connectivity index (χ0v) is 26.5. The molecular weight excluding hydrogens is 601 g/mol. The average Bonchev–Trinajstić information content (AvgIpc) is 3.39. The van der Waals surface area contributed by atoms with Crippen molar-refractivity contribution >= 4 is 55.1 Å². The second-order valence-electron chi connectivity index (χ2n) is 11.3. The molecule has 0 saturated carbocycles. The van der Waals surface area contributed by atoms with Crippen LogP contribution in [0.4, 0.5) is 10.5 Å². The summed E-state index contributed by atoms with van der Waals surface area (Å²) in [5, 5.41) is 13.6. The van der Waals surface area contributed by atoms with Crippen molar-refractivity contribution < 1.29 is 22.7 Å². The molecule has 6 N–H and O–H groups in total. The highest BCUT2D eigenvalue weighted by atomic mass is 32.2. The van der Waals surface area contributed by atoms with Crippen LogP contribution in [0.5, 0.6) is 0 Å². The molecule has 0 fully saturated rings. The summed E-state index contributed by atoms with van der Waals surface area (Å²) in [6, 6.07) is 19.9. The molecule has 44 heavy (non-hydrogen) atoms. The number of alkyl carbamates (subject to hydrolysis) is 1. The fourth-order valence-corrected chi connectivity index (χ4v) is 6.56. The Kier molecular flexibility index (Phi) is 10.0. The Morgan fingerprint density at radius 3 is 2.48 bits per heavy atom. The number of hydrogen-bond donors (Lipinski definition) is 5. The molecule has 4 aromatic rings. The molecule has 2 atom stereocenters. The third kappa shape index (κ3) is 8.85. The number of hydrogen-bond acceptors (Lipinski definition) is 8. The van der Waals surface area contributed by atoms with Crippen LogP contribution in [0.3, 0.4) is 0 Å². The van der Waals surface area contributed by atoms with E-state index in [1.165, 1.54) is 29.5 Å². The van der Waals surface area contributed by atoms with Gasteiger partial charge in [0.15, 0.2) is 0 Å². The molecule has 0 aliphatic carbocycles. The van der Waals surface area contributed by atoms with Crippen molar-refractivity contribution in [1.29, 1.82) is 5.41 Å². The molecule has 1 heterocycles. The van der Waals surface area contributed by atoms with Crippen molar-refractivity contribution in [2.75, 3.05) is 11.9 Å². The highest BCUT2D eigenvalue weighted by Gasteiger charge is 2.26. The first kappa shape index (κ1) is 32.6. The number of ether oxygens (including phenoxy) is 1. The maximum Gasteiger partial charge on any atom is 0.407 e. The number of anilines is 1. The van der Waals surface area contributed by atoms with Crippen LogP contribution in [0.15, 0.2) is 77.7 Å². The minimum atomic E-state index is -4.08. The molecule has 4 rings (SSSR count). The molecule has 0 radical (unpaired) electrons. The average molecular weight is 637 g/mol. The first-order valence-corrected chi connectivity index (χ1v) is 16.2. The van der Waals surface area contributed by atoms with Gasteiger partial charge in [-0.05, 0) is 69.2 Å². The zero-order chi connectivity index (χ0) is 32.1. The Balaban J connectivity index is 1.53. The maximum atomic E-state index is 13.7. The van der Waals surface area contributed by atoms with Crippen LogP contribution in [0.1, 0.15) is 49.9 Å². The van der Waals surface area contributed by atoms with Crippen molar-refractivity contribution in [3.8, 4) is 0 Å². The van der Waals surface area contributed by atoms with Gasteiger partial charge in [0.25, 0.3) is 0 Å². The molecular formula is C31H36N6O5S2. The van der Waals surface area contributed by atoms with Crippen molar-refractivity contribution in [3.05, 3.63) is 88.9 Å². The number of nitrogens with one attached hydrogen (secondary N) is 4. The van der Waals surface area contributed by atoms with Crippen LogP contribution >= 0.6 is 11.3 Å². The molecule has 1 aromatic heterocycles. The lowest BCUT2D eigenvalue weighted by Crippen LogP contribution is -2.37. The van der Waals surface area contributed by atoms with Gasteiger partial charge in [0, 0.05) is 17.8 Å². The number of rotatable bonds is 11. The number of sulfonamides is 1. The number of thiazole rings is 1. The van der Waals surface area contributed by atoms with Crippen molar-refractivity contribution in [1.82, 2.24) is 15.0 Å². The lowest BCUT2D eigenvalue weighted by atomic mass is 10.0. The molecule has 3 aromatic carbocycles. The molecule has 0 spiro atoms. The lowest BCUT2D eigenvalue weighted by Gasteiger charge is -2.20. The van der Waals surface area contributed by atoms with Gasteiger partial charge >= 0.3 is 6.09 Å². The standard InChI is InChI=1S/C31H36N6O5S2/c1-19(18-34-30(39)42-31(2,3)4)28(38)35-22-11-8-12-23(17-22)44(40,41)37-25(16-20-9-7-10-21(15-20)27(32)33)29-36-24-13-5-6-14-26(24)43-29/h5-15,17,19,25,37H,16,18H2,1-4H3,(H3,32,33)(H,34,39)(H,35,38)/t19-,25?/m1/s1. The highest BCUT2D eigenvalue weighted by molar-refractivity contribution is 7.89. The number of amidine groups is 1. The van der Waals surface area contributed by atoms with Crippen molar-refractivity contribution in [2.24, 2.45) is 11.7 Å². The fourth-order valence-electron chi connectivity index (χ4n) is 4.23. The van der Waals surface area contributed by atoms with E-state index in [0.717, 1.165) is 15.8 Å². The van der Waals surface area contributed by atoms with Gasteiger partial charge in [-0.25, -0.2) is 22.9 Å². The second-order valence-corrected chi connectivity index (χ2v) is 14.1. The van der Waals surface area contributed by atoms with E-state index >= 15 is 0 Å². The molecule has 1 unspecified atom stereocenters. The largest absolute Gasteiger partial charge is 0.444 e. The predicted octanol–water partition coefficient (Wildman–Crippen LogP) is 4.94. The molecule has 0 aliphatic heterocycles. The first-order valence-electron chi connectivity index (χ1n) is 13.9. The van der Waals surface area contributed by atoms with E-state index in [1.807, 2.05) is 30.3 Å². The summed E-state index contributed by atoms with van der Waals surface area (Å²) in [4.78, 5) is 29.4. The van der Waals surface area contributed by atoms with E-state index in [4.69, 9.17) is 20.9 Å². The van der Waals surface area contributed by atoms with E-state index in [-0.39, 0.29) is 29.4 Å². The Morgan fingerprint density at radius 1 is 1.05 bits per heavy atom. The third-order valence-corrected chi connectivity index (χ3v) is 9.01. The molecule has 0 saturated heterocycles. The van der Waals surface area contributed by atoms with Gasteiger partial charge in [-0.15, -0.1) is 11.3 Å². The molecule has 11 nitrogen and oxygen atoms in total. The molecule has 13 heteroatoms. The smallest absolute Gasteiger partial charge is 0.407 e.